The smallest absolute Gasteiger partial charge is 0.183 e. The van der Waals surface area contributed by atoms with Crippen molar-refractivity contribution in [2.75, 3.05) is 0 Å². The highest BCUT2D eigenvalue weighted by atomic mass is 16.3. The Morgan fingerprint density at radius 1 is 0.880 bits per heavy atom. The topological polar surface area (TPSA) is 91.7 Å². The lowest BCUT2D eigenvalue weighted by Crippen LogP contribution is -2.41. The van der Waals surface area contributed by atoms with Crippen LogP contribution in [0, 0.1) is 17.3 Å². The zero-order valence-electron chi connectivity index (χ0n) is 16.1. The molecule has 0 radical (unpaired) electrons. The molecule has 0 fully saturated rings. The number of carbonyl (C=O) groups excluding carboxylic acids is 3. The molecule has 0 spiro atoms. The van der Waals surface area contributed by atoms with Gasteiger partial charge in [-0.05, 0) is 24.7 Å². The molecule has 5 heteroatoms. The molecule has 1 rings (SSSR count). The molecule has 0 aromatic heterocycles. The van der Waals surface area contributed by atoms with Gasteiger partial charge < -0.3 is 10.2 Å². The molecule has 1 aliphatic carbocycles. The number of allylic oxidation sites excluding steroid dienone is 3. The highest BCUT2D eigenvalue weighted by Gasteiger charge is 2.50. The molecule has 0 bridgehead atoms. The minimum atomic E-state index is -1.32. The molecule has 140 valence electrons. The van der Waals surface area contributed by atoms with Gasteiger partial charge in [0, 0.05) is 12.8 Å². The molecule has 25 heavy (non-hydrogen) atoms. The normalized spacial score (nSPS) is 17.7. The minimum absolute atomic E-state index is 0.00701. The number of Topliss-reactive ketones (excluding diaryl/α,β-unsaturated/α-hetero) is 3. The third-order valence-corrected chi connectivity index (χ3v) is 4.78. The van der Waals surface area contributed by atoms with Crippen molar-refractivity contribution < 1.29 is 24.6 Å². The monoisotopic (exact) mass is 350 g/mol. The summed E-state index contributed by atoms with van der Waals surface area (Å²) < 4.78 is 0. The summed E-state index contributed by atoms with van der Waals surface area (Å²) >= 11 is 0. The van der Waals surface area contributed by atoms with E-state index in [1.807, 2.05) is 27.7 Å². The first-order valence-corrected chi connectivity index (χ1v) is 9.01. The standard InChI is InChI=1S/C20H30O5/c1-7-20(8-2)18(24)15(13(21)9-11(3)4)17(23)16(19(20)25)14(22)10-12(5)6/h11-12,23-24H,7-10H2,1-6H3. The van der Waals surface area contributed by atoms with Gasteiger partial charge in [0.25, 0.3) is 0 Å². The fraction of sp³-hybridized carbons (Fsp3) is 0.650. The van der Waals surface area contributed by atoms with Crippen molar-refractivity contribution in [1.29, 1.82) is 0 Å². The van der Waals surface area contributed by atoms with Gasteiger partial charge in [0.2, 0.25) is 0 Å². The van der Waals surface area contributed by atoms with Crippen molar-refractivity contribution in [3.63, 3.8) is 0 Å². The lowest BCUT2D eigenvalue weighted by molar-refractivity contribution is -0.129. The Balaban J connectivity index is 3.64. The van der Waals surface area contributed by atoms with Gasteiger partial charge >= 0.3 is 0 Å². The van der Waals surface area contributed by atoms with Gasteiger partial charge in [0.15, 0.2) is 17.3 Å². The summed E-state index contributed by atoms with van der Waals surface area (Å²) in [5.74, 6) is -2.54. The summed E-state index contributed by atoms with van der Waals surface area (Å²) in [7, 11) is 0. The van der Waals surface area contributed by atoms with Crippen LogP contribution in [0.5, 0.6) is 0 Å². The second-order valence-corrected chi connectivity index (χ2v) is 7.61. The molecular formula is C20H30O5. The van der Waals surface area contributed by atoms with Crippen LogP contribution in [0.1, 0.15) is 67.2 Å². The molecule has 0 atom stereocenters. The molecule has 2 N–H and O–H groups in total. The summed E-state index contributed by atoms with van der Waals surface area (Å²) in [6.45, 7) is 10.8. The van der Waals surface area contributed by atoms with Crippen molar-refractivity contribution >= 4 is 17.3 Å². The maximum absolute atomic E-state index is 13.0. The van der Waals surface area contributed by atoms with Crippen molar-refractivity contribution in [3.05, 3.63) is 22.7 Å². The van der Waals surface area contributed by atoms with E-state index in [1.165, 1.54) is 0 Å². The molecule has 0 heterocycles. The van der Waals surface area contributed by atoms with Crippen LogP contribution in [0.25, 0.3) is 0 Å². The van der Waals surface area contributed by atoms with Crippen molar-refractivity contribution in [2.45, 2.75) is 67.2 Å². The van der Waals surface area contributed by atoms with Gasteiger partial charge in [-0.25, -0.2) is 0 Å². The molecule has 5 nitrogen and oxygen atoms in total. The second-order valence-electron chi connectivity index (χ2n) is 7.61. The van der Waals surface area contributed by atoms with Gasteiger partial charge in [0.1, 0.15) is 17.1 Å². The average Bonchev–Trinajstić information content (AvgIpc) is 2.47. The lowest BCUT2D eigenvalue weighted by atomic mass is 9.67. The molecule has 1 aliphatic rings. The van der Waals surface area contributed by atoms with E-state index >= 15 is 0 Å². The van der Waals surface area contributed by atoms with Crippen LogP contribution in [-0.4, -0.2) is 27.6 Å². The molecule has 0 unspecified atom stereocenters. The van der Waals surface area contributed by atoms with E-state index in [4.69, 9.17) is 0 Å². The molecule has 0 aliphatic heterocycles. The third-order valence-electron chi connectivity index (χ3n) is 4.78. The molecular weight excluding hydrogens is 320 g/mol. The fourth-order valence-corrected chi connectivity index (χ4v) is 3.31. The number of aliphatic hydroxyl groups is 2. The van der Waals surface area contributed by atoms with Crippen molar-refractivity contribution in [1.82, 2.24) is 0 Å². The number of hydrogen-bond donors (Lipinski definition) is 2. The van der Waals surface area contributed by atoms with E-state index in [2.05, 4.69) is 0 Å². The van der Waals surface area contributed by atoms with Crippen LogP contribution >= 0.6 is 0 Å². The van der Waals surface area contributed by atoms with Gasteiger partial charge in [-0.1, -0.05) is 41.5 Å². The summed E-state index contributed by atoms with van der Waals surface area (Å²) in [4.78, 5) is 38.2. The zero-order chi connectivity index (χ0) is 19.5. The van der Waals surface area contributed by atoms with Crippen LogP contribution in [0.4, 0.5) is 0 Å². The minimum Gasteiger partial charge on any atom is -0.510 e. The van der Waals surface area contributed by atoms with E-state index in [0.29, 0.717) is 0 Å². The van der Waals surface area contributed by atoms with Crippen molar-refractivity contribution in [3.8, 4) is 0 Å². The largest absolute Gasteiger partial charge is 0.510 e. The number of aliphatic hydroxyl groups excluding tert-OH is 2. The van der Waals surface area contributed by atoms with Crippen LogP contribution in [0.3, 0.4) is 0 Å². The summed E-state index contributed by atoms with van der Waals surface area (Å²) in [6.07, 6.45) is 0.713. The van der Waals surface area contributed by atoms with Gasteiger partial charge in [-0.2, -0.15) is 0 Å². The van der Waals surface area contributed by atoms with Crippen LogP contribution in [-0.2, 0) is 14.4 Å². The van der Waals surface area contributed by atoms with E-state index in [1.54, 1.807) is 13.8 Å². The Morgan fingerprint density at radius 2 is 1.28 bits per heavy atom. The van der Waals surface area contributed by atoms with Crippen molar-refractivity contribution in [2.24, 2.45) is 17.3 Å². The molecule has 0 aromatic carbocycles. The predicted molar refractivity (Wildman–Crippen MR) is 96.3 cm³/mol. The maximum atomic E-state index is 13.0. The van der Waals surface area contributed by atoms with Gasteiger partial charge in [-0.3, -0.25) is 14.4 Å². The van der Waals surface area contributed by atoms with Gasteiger partial charge in [-0.15, -0.1) is 0 Å². The van der Waals surface area contributed by atoms with Crippen LogP contribution < -0.4 is 0 Å². The Labute approximate surface area is 149 Å². The number of ketones is 3. The number of rotatable bonds is 8. The quantitative estimate of drug-likeness (QED) is 0.639. The SMILES string of the molecule is CCC1(CC)C(=O)C(C(=O)CC(C)C)=C(O)C(C(=O)CC(C)C)=C1O. The predicted octanol–water partition coefficient (Wildman–Crippen LogP) is 4.23. The average molecular weight is 350 g/mol. The first-order chi connectivity index (χ1) is 11.5. The highest BCUT2D eigenvalue weighted by Crippen LogP contribution is 2.45. The Morgan fingerprint density at radius 3 is 1.64 bits per heavy atom. The zero-order valence-corrected chi connectivity index (χ0v) is 16.1. The summed E-state index contributed by atoms with van der Waals surface area (Å²) in [6, 6.07) is 0. The van der Waals surface area contributed by atoms with E-state index in [0.717, 1.165) is 0 Å². The molecule has 0 aromatic rings. The van der Waals surface area contributed by atoms with E-state index < -0.39 is 34.3 Å². The fourth-order valence-electron chi connectivity index (χ4n) is 3.31. The molecule has 0 saturated heterocycles. The summed E-state index contributed by atoms with van der Waals surface area (Å²) in [5, 5.41) is 21.3. The Hall–Kier alpha value is -1.91. The first-order valence-electron chi connectivity index (χ1n) is 9.01. The number of carbonyl (C=O) groups is 3. The van der Waals surface area contributed by atoms with E-state index in [-0.39, 0.29) is 48.7 Å². The highest BCUT2D eigenvalue weighted by molar-refractivity contribution is 6.26. The van der Waals surface area contributed by atoms with Gasteiger partial charge in [0.05, 0.1) is 11.0 Å². The third kappa shape index (κ3) is 3.86. The second kappa shape index (κ2) is 7.98. The molecule has 0 amide bonds. The first kappa shape index (κ1) is 21.1. The van der Waals surface area contributed by atoms with E-state index in [9.17, 15) is 24.6 Å². The summed E-state index contributed by atoms with van der Waals surface area (Å²) in [5.41, 5.74) is -1.91. The van der Waals surface area contributed by atoms with Crippen LogP contribution in [0.15, 0.2) is 22.7 Å². The maximum Gasteiger partial charge on any atom is 0.183 e. The lowest BCUT2D eigenvalue weighted by Gasteiger charge is -2.35. The molecule has 0 saturated carbocycles. The Kier molecular flexibility index (Phi) is 6.75. The Bertz CT molecular complexity index is 630. The number of hydrogen-bond acceptors (Lipinski definition) is 5. The van der Waals surface area contributed by atoms with Crippen LogP contribution in [0.2, 0.25) is 0 Å².